The summed E-state index contributed by atoms with van der Waals surface area (Å²) in [5.74, 6) is -0.411. The van der Waals surface area contributed by atoms with Gasteiger partial charge in [-0.3, -0.25) is 4.79 Å². The summed E-state index contributed by atoms with van der Waals surface area (Å²) in [6.07, 6.45) is 3.13. The van der Waals surface area contributed by atoms with Crippen LogP contribution < -0.4 is 0 Å². The third kappa shape index (κ3) is 2.55. The van der Waals surface area contributed by atoms with E-state index in [0.717, 1.165) is 30.9 Å². The number of carbonyl (C=O) groups excluding carboxylic acids is 1. The average molecular weight is 296 g/mol. The lowest BCUT2D eigenvalue weighted by Crippen LogP contribution is -2.47. The van der Waals surface area contributed by atoms with Crippen LogP contribution in [0.25, 0.3) is 0 Å². The minimum Gasteiger partial charge on any atom is -0.477 e. The quantitative estimate of drug-likeness (QED) is 0.906. The number of hydrogen-bond acceptors (Lipinski definition) is 5. The van der Waals surface area contributed by atoms with E-state index < -0.39 is 5.97 Å². The molecule has 20 heavy (non-hydrogen) atoms. The Morgan fingerprint density at radius 3 is 2.55 bits per heavy atom. The number of carbonyl (C=O) groups is 2. The highest BCUT2D eigenvalue weighted by atomic mass is 32.1. The van der Waals surface area contributed by atoms with Crippen molar-refractivity contribution in [2.75, 3.05) is 26.3 Å². The van der Waals surface area contributed by atoms with Gasteiger partial charge in [-0.1, -0.05) is 0 Å². The largest absolute Gasteiger partial charge is 0.477 e. The van der Waals surface area contributed by atoms with Gasteiger partial charge in [-0.15, -0.1) is 11.3 Å². The monoisotopic (exact) mass is 296 g/mol. The number of rotatable bonds is 3. The number of likely N-dealkylation sites (tertiary alicyclic amines) is 1. The number of carboxylic acid groups (broad SMARTS) is 1. The molecule has 1 N–H and O–H groups in total. The van der Waals surface area contributed by atoms with Crippen molar-refractivity contribution in [1.29, 1.82) is 0 Å². The van der Waals surface area contributed by atoms with Gasteiger partial charge in [0.1, 0.15) is 4.88 Å². The van der Waals surface area contributed by atoms with Gasteiger partial charge < -0.3 is 14.7 Å². The molecule has 7 heteroatoms. The highest BCUT2D eigenvalue weighted by Gasteiger charge is 2.33. The normalized spacial score (nSPS) is 20.7. The second kappa shape index (κ2) is 5.49. The minimum atomic E-state index is -0.925. The van der Waals surface area contributed by atoms with E-state index >= 15 is 0 Å². The number of amides is 1. The Bertz CT molecular complexity index is 518. The van der Waals surface area contributed by atoms with E-state index in [1.165, 1.54) is 17.5 Å². The Hall–Kier alpha value is -1.47. The maximum absolute atomic E-state index is 12.1. The summed E-state index contributed by atoms with van der Waals surface area (Å²) in [4.78, 5) is 29.3. The van der Waals surface area contributed by atoms with Crippen molar-refractivity contribution in [3.05, 3.63) is 16.1 Å². The molecule has 0 aromatic carbocycles. The van der Waals surface area contributed by atoms with Crippen LogP contribution in [0.15, 0.2) is 6.20 Å². The molecule has 108 valence electrons. The summed E-state index contributed by atoms with van der Waals surface area (Å²) in [6, 6.07) is 0. The fourth-order valence-corrected chi connectivity index (χ4v) is 3.48. The van der Waals surface area contributed by atoms with Gasteiger partial charge in [0.15, 0.2) is 0 Å². The van der Waals surface area contributed by atoms with Gasteiger partial charge in [0.05, 0.1) is 30.3 Å². The molecule has 2 aliphatic rings. The van der Waals surface area contributed by atoms with Crippen LogP contribution in [-0.4, -0.2) is 53.2 Å². The summed E-state index contributed by atoms with van der Waals surface area (Å²) in [5, 5.41) is 9.79. The summed E-state index contributed by atoms with van der Waals surface area (Å²) in [6.45, 7) is 2.55. The Kier molecular flexibility index (Phi) is 3.71. The van der Waals surface area contributed by atoms with Crippen LogP contribution in [0, 0.1) is 5.92 Å². The number of nitrogens with zero attached hydrogens (tertiary/aromatic N) is 2. The number of carboxylic acids is 1. The first kappa shape index (κ1) is 13.5. The number of thiazole rings is 1. The van der Waals surface area contributed by atoms with E-state index in [4.69, 9.17) is 9.84 Å². The molecule has 0 spiro atoms. The molecule has 1 aromatic heterocycles. The van der Waals surface area contributed by atoms with Crippen molar-refractivity contribution in [3.63, 3.8) is 0 Å². The number of hydrogen-bond donors (Lipinski definition) is 1. The number of ether oxygens (including phenoxy) is 1. The molecule has 1 aromatic rings. The average Bonchev–Trinajstić information content (AvgIpc) is 2.86. The molecule has 2 aliphatic heterocycles. The topological polar surface area (TPSA) is 79.7 Å². The Morgan fingerprint density at radius 2 is 2.05 bits per heavy atom. The first-order chi connectivity index (χ1) is 9.65. The second-order valence-corrected chi connectivity index (χ2v) is 6.26. The first-order valence-corrected chi connectivity index (χ1v) is 7.52. The third-order valence-corrected chi connectivity index (χ3v) is 5.03. The van der Waals surface area contributed by atoms with Crippen LogP contribution in [-0.2, 0) is 9.53 Å². The summed E-state index contributed by atoms with van der Waals surface area (Å²) in [7, 11) is 0. The molecular weight excluding hydrogens is 280 g/mol. The molecule has 0 bridgehead atoms. The lowest BCUT2D eigenvalue weighted by atomic mass is 9.96. The lowest BCUT2D eigenvalue weighted by molar-refractivity contribution is -0.150. The van der Waals surface area contributed by atoms with E-state index in [9.17, 15) is 9.59 Å². The molecule has 2 fully saturated rings. The van der Waals surface area contributed by atoms with E-state index in [1.54, 1.807) is 0 Å². The molecule has 0 unspecified atom stereocenters. The molecule has 0 saturated carbocycles. The van der Waals surface area contributed by atoms with Crippen molar-refractivity contribution in [1.82, 2.24) is 9.88 Å². The minimum absolute atomic E-state index is 0.0463. The zero-order valence-corrected chi connectivity index (χ0v) is 11.8. The van der Waals surface area contributed by atoms with Crippen molar-refractivity contribution in [3.8, 4) is 0 Å². The van der Waals surface area contributed by atoms with E-state index in [0.29, 0.717) is 13.2 Å². The van der Waals surface area contributed by atoms with Gasteiger partial charge in [0, 0.05) is 19.0 Å². The Morgan fingerprint density at radius 1 is 1.35 bits per heavy atom. The fourth-order valence-electron chi connectivity index (χ4n) is 2.56. The smallest absolute Gasteiger partial charge is 0.347 e. The van der Waals surface area contributed by atoms with Crippen molar-refractivity contribution in [2.45, 2.75) is 18.8 Å². The zero-order valence-electron chi connectivity index (χ0n) is 10.9. The number of piperidine rings is 1. The maximum Gasteiger partial charge on any atom is 0.347 e. The number of aromatic carboxylic acids is 1. The highest BCUT2D eigenvalue weighted by molar-refractivity contribution is 7.13. The van der Waals surface area contributed by atoms with Crippen molar-refractivity contribution in [2.24, 2.45) is 5.92 Å². The molecule has 1 amide bonds. The molecule has 0 radical (unpaired) electrons. The van der Waals surface area contributed by atoms with E-state index in [1.807, 2.05) is 4.90 Å². The molecule has 2 saturated heterocycles. The summed E-state index contributed by atoms with van der Waals surface area (Å²) >= 11 is 1.25. The van der Waals surface area contributed by atoms with Crippen molar-refractivity contribution >= 4 is 23.2 Å². The molecule has 0 aliphatic carbocycles. The predicted molar refractivity (Wildman–Crippen MR) is 71.9 cm³/mol. The van der Waals surface area contributed by atoms with Gasteiger partial charge >= 0.3 is 5.97 Å². The van der Waals surface area contributed by atoms with Crippen LogP contribution in [0.1, 0.15) is 33.4 Å². The first-order valence-electron chi connectivity index (χ1n) is 6.70. The summed E-state index contributed by atoms with van der Waals surface area (Å²) < 4.78 is 5.05. The fraction of sp³-hybridized carbons (Fsp3) is 0.615. The van der Waals surface area contributed by atoms with Gasteiger partial charge in [-0.2, -0.15) is 0 Å². The van der Waals surface area contributed by atoms with Gasteiger partial charge in [0.2, 0.25) is 5.91 Å². The van der Waals surface area contributed by atoms with Crippen LogP contribution in [0.5, 0.6) is 0 Å². The molecule has 3 rings (SSSR count). The van der Waals surface area contributed by atoms with E-state index in [-0.39, 0.29) is 22.6 Å². The van der Waals surface area contributed by atoms with Crippen LogP contribution >= 0.6 is 11.3 Å². The van der Waals surface area contributed by atoms with Gasteiger partial charge in [-0.05, 0) is 12.8 Å². The maximum atomic E-state index is 12.1. The molecule has 3 heterocycles. The highest BCUT2D eigenvalue weighted by Crippen LogP contribution is 2.31. The molecule has 6 nitrogen and oxygen atoms in total. The second-order valence-electron chi connectivity index (χ2n) is 5.20. The van der Waals surface area contributed by atoms with Gasteiger partial charge in [-0.25, -0.2) is 9.78 Å². The molecular formula is C13H16N2O4S. The Labute approximate surface area is 120 Å². The lowest BCUT2D eigenvalue weighted by Gasteiger charge is -2.36. The number of aromatic nitrogens is 1. The van der Waals surface area contributed by atoms with Gasteiger partial charge in [0.25, 0.3) is 0 Å². The predicted octanol–water partition coefficient (Wildman–Crippen LogP) is 1.19. The standard InChI is InChI=1S/C13H16N2O4S/c16-12(9-6-19-7-9)15-3-1-8(2-4-15)11-14-5-10(20-11)13(17)18/h5,8-9H,1-4,6-7H2,(H,17,18). The SMILES string of the molecule is O=C(O)c1cnc(C2CCN(C(=O)C3COC3)CC2)s1. The third-order valence-electron chi connectivity index (χ3n) is 3.88. The van der Waals surface area contributed by atoms with Crippen LogP contribution in [0.3, 0.4) is 0 Å². The van der Waals surface area contributed by atoms with Crippen molar-refractivity contribution < 1.29 is 19.4 Å². The van der Waals surface area contributed by atoms with Crippen LogP contribution in [0.2, 0.25) is 0 Å². The van der Waals surface area contributed by atoms with Crippen LogP contribution in [0.4, 0.5) is 0 Å². The summed E-state index contributed by atoms with van der Waals surface area (Å²) in [5.41, 5.74) is 0. The Balaban J connectivity index is 1.57. The van der Waals surface area contributed by atoms with E-state index in [2.05, 4.69) is 4.98 Å². The zero-order chi connectivity index (χ0) is 14.1. The molecule has 0 atom stereocenters.